The predicted octanol–water partition coefficient (Wildman–Crippen LogP) is 2.83. The van der Waals surface area contributed by atoms with E-state index in [1.807, 2.05) is 6.92 Å². The van der Waals surface area contributed by atoms with Crippen LogP contribution in [0, 0.1) is 5.82 Å². The molecule has 0 radical (unpaired) electrons. The van der Waals surface area contributed by atoms with Crippen LogP contribution >= 0.6 is 0 Å². The van der Waals surface area contributed by atoms with E-state index in [0.717, 1.165) is 18.4 Å². The summed E-state index contributed by atoms with van der Waals surface area (Å²) in [6.07, 6.45) is 0.907. The summed E-state index contributed by atoms with van der Waals surface area (Å²) < 4.78 is 23.3. The van der Waals surface area contributed by atoms with Crippen LogP contribution in [0.3, 0.4) is 0 Å². The minimum Gasteiger partial charge on any atom is -0.434 e. The lowest BCUT2D eigenvalue weighted by Gasteiger charge is -2.19. The smallest absolute Gasteiger partial charge is 0.434 e. The molecule has 1 saturated heterocycles. The molecule has 1 aliphatic rings. The van der Waals surface area contributed by atoms with Crippen molar-refractivity contribution < 1.29 is 18.7 Å². The van der Waals surface area contributed by atoms with Gasteiger partial charge in [0.25, 0.3) is 0 Å². The number of hydrogen-bond acceptors (Lipinski definition) is 4. The second kappa shape index (κ2) is 7.24. The summed E-state index contributed by atoms with van der Waals surface area (Å²) in [4.78, 5) is 11.6. The molecule has 0 amide bonds. The Morgan fingerprint density at radius 1 is 1.35 bits per heavy atom. The average molecular weight is 281 g/mol. The van der Waals surface area contributed by atoms with E-state index >= 15 is 0 Å². The highest BCUT2D eigenvalue weighted by Gasteiger charge is 2.32. The van der Waals surface area contributed by atoms with Gasteiger partial charge in [0.1, 0.15) is 11.9 Å². The minimum atomic E-state index is -0.626. The van der Waals surface area contributed by atoms with Gasteiger partial charge >= 0.3 is 6.16 Å². The van der Waals surface area contributed by atoms with E-state index in [9.17, 15) is 9.18 Å². The molecule has 0 spiro atoms. The molecule has 0 bridgehead atoms. The largest absolute Gasteiger partial charge is 0.508 e. The van der Waals surface area contributed by atoms with Gasteiger partial charge in [-0.2, -0.15) is 0 Å². The first kappa shape index (κ1) is 14.8. The number of halogens is 1. The summed E-state index contributed by atoms with van der Waals surface area (Å²) in [5.74, 6) is -0.231. The summed E-state index contributed by atoms with van der Waals surface area (Å²) in [6.45, 7) is 3.71. The fourth-order valence-electron chi connectivity index (χ4n) is 2.28. The number of nitrogens with one attached hydrogen (secondary N) is 1. The number of carbonyl (C=O) groups is 1. The van der Waals surface area contributed by atoms with Gasteiger partial charge in [-0.25, -0.2) is 9.18 Å². The fourth-order valence-corrected chi connectivity index (χ4v) is 2.28. The third-order valence-corrected chi connectivity index (χ3v) is 3.42. The first-order valence-electron chi connectivity index (χ1n) is 7.00. The monoisotopic (exact) mass is 281 g/mol. The zero-order valence-corrected chi connectivity index (χ0v) is 11.6. The maximum atomic E-state index is 12.9. The van der Waals surface area contributed by atoms with Crippen molar-refractivity contribution in [2.24, 2.45) is 0 Å². The van der Waals surface area contributed by atoms with Crippen LogP contribution in [-0.2, 0) is 9.47 Å². The second-order valence-electron chi connectivity index (χ2n) is 4.92. The number of hydrogen-bond donors (Lipinski definition) is 1. The first-order valence-corrected chi connectivity index (χ1v) is 7.00. The van der Waals surface area contributed by atoms with Gasteiger partial charge in [0.15, 0.2) is 0 Å². The van der Waals surface area contributed by atoms with E-state index < -0.39 is 6.16 Å². The van der Waals surface area contributed by atoms with E-state index in [4.69, 9.17) is 9.47 Å². The van der Waals surface area contributed by atoms with Crippen molar-refractivity contribution in [2.75, 3.05) is 19.7 Å². The highest BCUT2D eigenvalue weighted by molar-refractivity contribution is 5.60. The summed E-state index contributed by atoms with van der Waals surface area (Å²) >= 11 is 0. The van der Waals surface area contributed by atoms with Crippen LogP contribution in [0.2, 0.25) is 0 Å². The van der Waals surface area contributed by atoms with Crippen LogP contribution in [0.4, 0.5) is 9.18 Å². The summed E-state index contributed by atoms with van der Waals surface area (Å²) in [6, 6.07) is 6.30. The Morgan fingerprint density at radius 2 is 2.10 bits per heavy atom. The van der Waals surface area contributed by atoms with Crippen LogP contribution in [0.15, 0.2) is 24.3 Å². The third-order valence-electron chi connectivity index (χ3n) is 3.42. The first-order chi connectivity index (χ1) is 9.70. The predicted molar refractivity (Wildman–Crippen MR) is 73.1 cm³/mol. The Hall–Kier alpha value is -1.62. The van der Waals surface area contributed by atoms with Crippen molar-refractivity contribution in [1.29, 1.82) is 0 Å². The normalized spacial score (nSPS) is 21.7. The average Bonchev–Trinajstić information content (AvgIpc) is 2.88. The molecule has 2 unspecified atom stereocenters. The molecule has 1 N–H and O–H groups in total. The van der Waals surface area contributed by atoms with Crippen LogP contribution in [0.5, 0.6) is 0 Å². The number of ether oxygens (including phenoxy) is 2. The molecule has 0 saturated carbocycles. The standard InChI is InChI=1S/C15H20FNO3/c1-2-3-8-19-15(18)20-14-10-17-9-13(14)11-4-6-12(16)7-5-11/h4-7,13-14,17H,2-3,8-10H2,1H3. The van der Waals surface area contributed by atoms with Gasteiger partial charge in [-0.15, -0.1) is 0 Å². The van der Waals surface area contributed by atoms with Gasteiger partial charge < -0.3 is 14.8 Å². The zero-order valence-electron chi connectivity index (χ0n) is 11.6. The van der Waals surface area contributed by atoms with E-state index in [-0.39, 0.29) is 17.8 Å². The van der Waals surface area contributed by atoms with Crippen LogP contribution < -0.4 is 5.32 Å². The van der Waals surface area contributed by atoms with Gasteiger partial charge in [0.05, 0.1) is 6.61 Å². The van der Waals surface area contributed by atoms with Crippen molar-refractivity contribution >= 4 is 6.16 Å². The van der Waals surface area contributed by atoms with Crippen LogP contribution in [0.25, 0.3) is 0 Å². The summed E-state index contributed by atoms with van der Waals surface area (Å²) in [7, 11) is 0. The van der Waals surface area contributed by atoms with Crippen LogP contribution in [-0.4, -0.2) is 32.0 Å². The van der Waals surface area contributed by atoms with Gasteiger partial charge in [0, 0.05) is 19.0 Å². The quantitative estimate of drug-likeness (QED) is 0.666. The molecule has 2 atom stereocenters. The molecule has 2 rings (SSSR count). The molecule has 1 fully saturated rings. The minimum absolute atomic E-state index is 0.0364. The third kappa shape index (κ3) is 3.93. The molecule has 1 aromatic rings. The molecular formula is C15H20FNO3. The summed E-state index contributed by atoms with van der Waals surface area (Å²) in [5.41, 5.74) is 0.961. The Balaban J connectivity index is 1.90. The molecular weight excluding hydrogens is 261 g/mol. The van der Waals surface area contributed by atoms with Gasteiger partial charge in [-0.1, -0.05) is 25.5 Å². The Morgan fingerprint density at radius 3 is 2.80 bits per heavy atom. The molecule has 1 aromatic carbocycles. The molecule has 4 nitrogen and oxygen atoms in total. The maximum Gasteiger partial charge on any atom is 0.508 e. The summed E-state index contributed by atoms with van der Waals surface area (Å²) in [5, 5.41) is 3.18. The Kier molecular flexibility index (Phi) is 5.35. The molecule has 1 heterocycles. The van der Waals surface area contributed by atoms with Crippen molar-refractivity contribution in [1.82, 2.24) is 5.32 Å². The lowest BCUT2D eigenvalue weighted by atomic mass is 9.96. The van der Waals surface area contributed by atoms with Gasteiger partial charge in [-0.05, 0) is 24.1 Å². The zero-order chi connectivity index (χ0) is 14.4. The van der Waals surface area contributed by atoms with E-state index in [1.54, 1.807) is 12.1 Å². The topological polar surface area (TPSA) is 47.6 Å². The van der Waals surface area contributed by atoms with Crippen molar-refractivity contribution in [3.63, 3.8) is 0 Å². The highest BCUT2D eigenvalue weighted by atomic mass is 19.1. The van der Waals surface area contributed by atoms with E-state index in [1.165, 1.54) is 12.1 Å². The lowest BCUT2D eigenvalue weighted by molar-refractivity contribution is 0.0240. The van der Waals surface area contributed by atoms with Crippen molar-refractivity contribution in [2.45, 2.75) is 31.8 Å². The molecule has 5 heteroatoms. The number of carbonyl (C=O) groups excluding carboxylic acids is 1. The molecule has 0 aliphatic carbocycles. The lowest BCUT2D eigenvalue weighted by Crippen LogP contribution is -2.25. The Bertz CT molecular complexity index is 435. The van der Waals surface area contributed by atoms with Crippen LogP contribution in [0.1, 0.15) is 31.2 Å². The molecule has 110 valence electrons. The van der Waals surface area contributed by atoms with Crippen molar-refractivity contribution in [3.8, 4) is 0 Å². The van der Waals surface area contributed by atoms with Crippen molar-refractivity contribution in [3.05, 3.63) is 35.6 Å². The molecule has 0 aromatic heterocycles. The van der Waals surface area contributed by atoms with Gasteiger partial charge in [0.2, 0.25) is 0 Å². The van der Waals surface area contributed by atoms with E-state index in [0.29, 0.717) is 19.7 Å². The van der Waals surface area contributed by atoms with Gasteiger partial charge in [-0.3, -0.25) is 0 Å². The number of rotatable bonds is 5. The fraction of sp³-hybridized carbons (Fsp3) is 0.533. The SMILES string of the molecule is CCCCOC(=O)OC1CNCC1c1ccc(F)cc1. The maximum absolute atomic E-state index is 12.9. The number of unbranched alkanes of at least 4 members (excludes halogenated alkanes) is 1. The highest BCUT2D eigenvalue weighted by Crippen LogP contribution is 2.25. The Labute approximate surface area is 118 Å². The molecule has 1 aliphatic heterocycles. The number of benzene rings is 1. The molecule has 20 heavy (non-hydrogen) atoms. The second-order valence-corrected chi connectivity index (χ2v) is 4.92. The van der Waals surface area contributed by atoms with E-state index in [2.05, 4.69) is 5.32 Å².